The summed E-state index contributed by atoms with van der Waals surface area (Å²) < 4.78 is 1.63. The van der Waals surface area contributed by atoms with Gasteiger partial charge in [-0.3, -0.25) is 23.9 Å². The molecule has 8 heteroatoms. The fourth-order valence-electron chi connectivity index (χ4n) is 3.04. The van der Waals surface area contributed by atoms with Crippen LogP contribution in [0.5, 0.6) is 0 Å². The maximum atomic E-state index is 12.9. The zero-order chi connectivity index (χ0) is 20.8. The van der Waals surface area contributed by atoms with Crippen molar-refractivity contribution in [2.75, 3.05) is 0 Å². The molecule has 3 rings (SSSR count). The number of nitrogens with two attached hydrogens (primary N) is 1. The van der Waals surface area contributed by atoms with Crippen LogP contribution in [-0.4, -0.2) is 38.2 Å². The van der Waals surface area contributed by atoms with E-state index in [0.29, 0.717) is 17.9 Å². The number of aromatic nitrogens is 3. The topological polar surface area (TPSA) is 120 Å². The maximum Gasteiger partial charge on any atom is 0.287 e. The van der Waals surface area contributed by atoms with E-state index < -0.39 is 23.6 Å². The minimum Gasteiger partial charge on any atom is -0.363 e. The highest BCUT2D eigenvalue weighted by Gasteiger charge is 2.27. The van der Waals surface area contributed by atoms with Crippen LogP contribution in [-0.2, 0) is 16.0 Å². The van der Waals surface area contributed by atoms with E-state index in [4.69, 9.17) is 5.73 Å². The van der Waals surface area contributed by atoms with Gasteiger partial charge in [-0.05, 0) is 37.5 Å². The van der Waals surface area contributed by atoms with Gasteiger partial charge in [0.1, 0.15) is 11.5 Å². The summed E-state index contributed by atoms with van der Waals surface area (Å²) in [6.45, 7) is 1.76. The Morgan fingerprint density at radius 2 is 1.86 bits per heavy atom. The van der Waals surface area contributed by atoms with Gasteiger partial charge in [0.05, 0.1) is 24.1 Å². The first-order chi connectivity index (χ1) is 14.0. The number of carbonyl (C=O) groups is 3. The number of imidazole rings is 1. The lowest BCUT2D eigenvalue weighted by Gasteiger charge is -2.17. The normalized spacial score (nSPS) is 11.6. The number of nitrogens with zero attached hydrogens (tertiary/aromatic N) is 3. The average molecular weight is 391 g/mol. The summed E-state index contributed by atoms with van der Waals surface area (Å²) in [5.41, 5.74) is 7.06. The second-order valence-corrected chi connectivity index (χ2v) is 6.52. The van der Waals surface area contributed by atoms with Crippen LogP contribution in [0.1, 0.15) is 28.3 Å². The molecule has 1 unspecified atom stereocenters. The number of pyridine rings is 1. The van der Waals surface area contributed by atoms with E-state index in [9.17, 15) is 14.4 Å². The van der Waals surface area contributed by atoms with E-state index >= 15 is 0 Å². The van der Waals surface area contributed by atoms with Gasteiger partial charge in [0.2, 0.25) is 5.78 Å². The average Bonchev–Trinajstić information content (AvgIpc) is 3.13. The van der Waals surface area contributed by atoms with Gasteiger partial charge in [-0.2, -0.15) is 0 Å². The lowest BCUT2D eigenvalue weighted by atomic mass is 10.0. The molecular weight excluding hydrogens is 370 g/mol. The fraction of sp³-hybridized carbons (Fsp3) is 0.190. The van der Waals surface area contributed by atoms with Crippen LogP contribution >= 0.6 is 0 Å². The number of benzene rings is 1. The van der Waals surface area contributed by atoms with Gasteiger partial charge in [0.25, 0.3) is 11.8 Å². The van der Waals surface area contributed by atoms with Crippen molar-refractivity contribution >= 4 is 17.6 Å². The van der Waals surface area contributed by atoms with Gasteiger partial charge in [0.15, 0.2) is 0 Å². The Kier molecular flexibility index (Phi) is 6.13. The number of primary amides is 1. The molecule has 0 fully saturated rings. The van der Waals surface area contributed by atoms with Crippen LogP contribution in [0, 0.1) is 6.92 Å². The number of nitrogens with one attached hydrogen (secondary N) is 1. The monoisotopic (exact) mass is 391 g/mol. The molecule has 1 atom stereocenters. The van der Waals surface area contributed by atoms with E-state index in [1.807, 2.05) is 30.3 Å². The molecule has 0 radical (unpaired) electrons. The van der Waals surface area contributed by atoms with E-state index in [2.05, 4.69) is 15.3 Å². The predicted molar refractivity (Wildman–Crippen MR) is 106 cm³/mol. The summed E-state index contributed by atoms with van der Waals surface area (Å²) in [5, 5.41) is 2.64. The standard InChI is InChI=1S/C21H21N5O3/c1-14-24-13-18(26(14)16-8-5-11-23-12-16)21(29)25-17(19(27)20(22)28)10-9-15-6-3-2-4-7-15/h2-8,11-13,17H,9-10H2,1H3,(H2,22,28)(H,25,29). The van der Waals surface area contributed by atoms with E-state index in [1.165, 1.54) is 6.20 Å². The second kappa shape index (κ2) is 8.92. The third kappa shape index (κ3) is 4.73. The van der Waals surface area contributed by atoms with Crippen molar-refractivity contribution in [3.63, 3.8) is 0 Å². The molecular formula is C21H21N5O3. The summed E-state index contributed by atoms with van der Waals surface area (Å²) in [6, 6.07) is 12.0. The van der Waals surface area contributed by atoms with Crippen molar-refractivity contribution in [2.45, 2.75) is 25.8 Å². The Hall–Kier alpha value is -3.81. The van der Waals surface area contributed by atoms with Crippen molar-refractivity contribution in [2.24, 2.45) is 5.73 Å². The molecule has 2 heterocycles. The highest BCUT2D eigenvalue weighted by molar-refractivity contribution is 6.38. The number of ketones is 1. The fourth-order valence-corrected chi connectivity index (χ4v) is 3.04. The van der Waals surface area contributed by atoms with Crippen LogP contribution in [0.15, 0.2) is 61.1 Å². The van der Waals surface area contributed by atoms with E-state index in [1.54, 1.807) is 36.0 Å². The van der Waals surface area contributed by atoms with Gasteiger partial charge in [-0.15, -0.1) is 0 Å². The number of amides is 2. The molecule has 1 aromatic carbocycles. The maximum absolute atomic E-state index is 12.9. The number of aryl methyl sites for hydroxylation is 2. The largest absolute Gasteiger partial charge is 0.363 e. The van der Waals surface area contributed by atoms with Crippen LogP contribution in [0.4, 0.5) is 0 Å². The Bertz CT molecular complexity index is 1020. The first kappa shape index (κ1) is 19.9. The zero-order valence-corrected chi connectivity index (χ0v) is 15.9. The third-order valence-electron chi connectivity index (χ3n) is 4.50. The Labute approximate surface area is 167 Å². The minimum absolute atomic E-state index is 0.234. The van der Waals surface area contributed by atoms with Gasteiger partial charge < -0.3 is 11.1 Å². The molecule has 0 spiro atoms. The van der Waals surface area contributed by atoms with Gasteiger partial charge in [0, 0.05) is 6.20 Å². The number of rotatable bonds is 8. The van der Waals surface area contributed by atoms with Crippen LogP contribution < -0.4 is 11.1 Å². The molecule has 2 amide bonds. The quantitative estimate of drug-likeness (QED) is 0.562. The summed E-state index contributed by atoms with van der Waals surface area (Å²) in [4.78, 5) is 44.9. The molecule has 2 aromatic heterocycles. The van der Waals surface area contributed by atoms with Gasteiger partial charge in [-0.25, -0.2) is 4.98 Å². The molecule has 0 saturated heterocycles. The summed E-state index contributed by atoms with van der Waals surface area (Å²) in [7, 11) is 0. The van der Waals surface area contributed by atoms with Crippen molar-refractivity contribution in [3.05, 3.63) is 78.1 Å². The number of hydrogen-bond donors (Lipinski definition) is 2. The lowest BCUT2D eigenvalue weighted by Crippen LogP contribution is -2.46. The van der Waals surface area contributed by atoms with E-state index in [0.717, 1.165) is 5.56 Å². The summed E-state index contributed by atoms with van der Waals surface area (Å²) in [6.07, 6.45) is 5.40. The molecule has 0 aliphatic carbocycles. The van der Waals surface area contributed by atoms with Crippen molar-refractivity contribution in [1.29, 1.82) is 0 Å². The number of carbonyl (C=O) groups excluding carboxylic acids is 3. The molecule has 148 valence electrons. The molecule has 0 bridgehead atoms. The van der Waals surface area contributed by atoms with Crippen molar-refractivity contribution in [3.8, 4) is 5.69 Å². The Morgan fingerprint density at radius 3 is 2.52 bits per heavy atom. The molecule has 0 aliphatic heterocycles. The highest BCUT2D eigenvalue weighted by Crippen LogP contribution is 2.14. The summed E-state index contributed by atoms with van der Waals surface area (Å²) in [5.74, 6) is -1.86. The molecule has 3 N–H and O–H groups in total. The third-order valence-corrected chi connectivity index (χ3v) is 4.50. The molecule has 3 aromatic rings. The number of Topliss-reactive ketones (excluding diaryl/α,β-unsaturated/α-hetero) is 1. The minimum atomic E-state index is -1.08. The SMILES string of the molecule is Cc1ncc(C(=O)NC(CCc2ccccc2)C(=O)C(N)=O)n1-c1cccnc1. The Morgan fingerprint density at radius 1 is 1.10 bits per heavy atom. The number of hydrogen-bond acceptors (Lipinski definition) is 5. The van der Waals surface area contributed by atoms with Crippen LogP contribution in [0.2, 0.25) is 0 Å². The predicted octanol–water partition coefficient (Wildman–Crippen LogP) is 1.36. The highest BCUT2D eigenvalue weighted by atomic mass is 16.2. The second-order valence-electron chi connectivity index (χ2n) is 6.52. The van der Waals surface area contributed by atoms with Crippen LogP contribution in [0.3, 0.4) is 0 Å². The molecule has 29 heavy (non-hydrogen) atoms. The van der Waals surface area contributed by atoms with Crippen molar-refractivity contribution in [1.82, 2.24) is 19.9 Å². The molecule has 8 nitrogen and oxygen atoms in total. The van der Waals surface area contributed by atoms with Gasteiger partial charge >= 0.3 is 0 Å². The summed E-state index contributed by atoms with van der Waals surface area (Å²) >= 11 is 0. The molecule has 0 saturated carbocycles. The first-order valence-electron chi connectivity index (χ1n) is 9.10. The molecule has 0 aliphatic rings. The zero-order valence-electron chi connectivity index (χ0n) is 15.9. The first-order valence-corrected chi connectivity index (χ1v) is 9.10. The van der Waals surface area contributed by atoms with Crippen LogP contribution in [0.25, 0.3) is 5.69 Å². The Balaban J connectivity index is 1.82. The van der Waals surface area contributed by atoms with E-state index in [-0.39, 0.29) is 12.1 Å². The van der Waals surface area contributed by atoms with Gasteiger partial charge in [-0.1, -0.05) is 30.3 Å². The van der Waals surface area contributed by atoms with Crippen molar-refractivity contribution < 1.29 is 14.4 Å². The lowest BCUT2D eigenvalue weighted by molar-refractivity contribution is -0.137. The smallest absolute Gasteiger partial charge is 0.287 e.